The molecule has 2 amide bonds. The fourth-order valence-electron chi connectivity index (χ4n) is 2.27. The standard InChI is InChI=1S/C18H20ClN3O4S/c1-21(2)27(25,26)16-9-4-6-13(10-16)18(24)22(3)12-17(23)20-15-8-5-7-14(19)11-15/h4-11H,12H2,1-3H3,(H,20,23). The molecule has 0 aliphatic rings. The molecule has 0 bridgehead atoms. The number of rotatable bonds is 6. The number of anilines is 1. The van der Waals surface area contributed by atoms with Gasteiger partial charge in [0.2, 0.25) is 15.9 Å². The maximum atomic E-state index is 12.6. The van der Waals surface area contributed by atoms with Gasteiger partial charge in [0.1, 0.15) is 0 Å². The number of amides is 2. The Labute approximate surface area is 163 Å². The molecule has 0 fully saturated rings. The van der Waals surface area contributed by atoms with Crippen LogP contribution in [0.5, 0.6) is 0 Å². The third kappa shape index (κ3) is 5.29. The van der Waals surface area contributed by atoms with Crippen molar-refractivity contribution in [3.8, 4) is 0 Å². The summed E-state index contributed by atoms with van der Waals surface area (Å²) >= 11 is 5.87. The molecule has 144 valence electrons. The van der Waals surface area contributed by atoms with Gasteiger partial charge in [0, 0.05) is 37.4 Å². The van der Waals surface area contributed by atoms with E-state index in [-0.39, 0.29) is 17.0 Å². The average molecular weight is 410 g/mol. The van der Waals surface area contributed by atoms with E-state index in [2.05, 4.69) is 5.32 Å². The quantitative estimate of drug-likeness (QED) is 0.793. The van der Waals surface area contributed by atoms with Crippen molar-refractivity contribution in [2.75, 3.05) is 33.0 Å². The van der Waals surface area contributed by atoms with Crippen molar-refractivity contribution in [2.24, 2.45) is 0 Å². The maximum Gasteiger partial charge on any atom is 0.254 e. The largest absolute Gasteiger partial charge is 0.332 e. The predicted octanol–water partition coefficient (Wildman–Crippen LogP) is 2.30. The molecule has 2 aromatic carbocycles. The Morgan fingerprint density at radius 2 is 1.70 bits per heavy atom. The summed E-state index contributed by atoms with van der Waals surface area (Å²) in [4.78, 5) is 25.9. The zero-order valence-corrected chi connectivity index (χ0v) is 16.7. The van der Waals surface area contributed by atoms with E-state index in [4.69, 9.17) is 11.6 Å². The van der Waals surface area contributed by atoms with Crippen LogP contribution >= 0.6 is 11.6 Å². The smallest absolute Gasteiger partial charge is 0.254 e. The molecular weight excluding hydrogens is 390 g/mol. The highest BCUT2D eigenvalue weighted by atomic mass is 35.5. The molecule has 2 rings (SSSR count). The van der Waals surface area contributed by atoms with Gasteiger partial charge in [0.05, 0.1) is 11.4 Å². The number of benzene rings is 2. The topological polar surface area (TPSA) is 86.8 Å². The van der Waals surface area contributed by atoms with Crippen molar-refractivity contribution in [2.45, 2.75) is 4.90 Å². The highest BCUT2D eigenvalue weighted by molar-refractivity contribution is 7.89. The first-order chi connectivity index (χ1) is 12.6. The Bertz CT molecular complexity index is 961. The third-order valence-corrected chi connectivity index (χ3v) is 5.74. The summed E-state index contributed by atoms with van der Waals surface area (Å²) in [6, 6.07) is 12.4. The number of hydrogen-bond donors (Lipinski definition) is 1. The minimum Gasteiger partial charge on any atom is -0.332 e. The molecule has 0 saturated heterocycles. The SMILES string of the molecule is CN(CC(=O)Nc1cccc(Cl)c1)C(=O)c1cccc(S(=O)(=O)N(C)C)c1. The van der Waals surface area contributed by atoms with Crippen LogP contribution in [0.3, 0.4) is 0 Å². The molecule has 0 heterocycles. The summed E-state index contributed by atoms with van der Waals surface area (Å²) in [5.74, 6) is -0.864. The summed E-state index contributed by atoms with van der Waals surface area (Å²) in [5.41, 5.74) is 0.698. The van der Waals surface area contributed by atoms with Gasteiger partial charge in [-0.15, -0.1) is 0 Å². The van der Waals surface area contributed by atoms with E-state index in [1.54, 1.807) is 24.3 Å². The van der Waals surface area contributed by atoms with Crippen LogP contribution in [0.4, 0.5) is 5.69 Å². The molecule has 2 aromatic rings. The number of likely N-dealkylation sites (N-methyl/N-ethyl adjacent to an activating group) is 1. The predicted molar refractivity (Wildman–Crippen MR) is 104 cm³/mol. The minimum absolute atomic E-state index is 0.00938. The lowest BCUT2D eigenvalue weighted by molar-refractivity contribution is -0.116. The fourth-order valence-corrected chi connectivity index (χ4v) is 3.41. The molecule has 9 heteroatoms. The van der Waals surface area contributed by atoms with Crippen molar-refractivity contribution in [1.29, 1.82) is 0 Å². The molecule has 1 N–H and O–H groups in total. The number of carbonyl (C=O) groups is 2. The van der Waals surface area contributed by atoms with Gasteiger partial charge >= 0.3 is 0 Å². The van der Waals surface area contributed by atoms with E-state index in [0.29, 0.717) is 10.7 Å². The van der Waals surface area contributed by atoms with Crippen LogP contribution in [0, 0.1) is 0 Å². The lowest BCUT2D eigenvalue weighted by atomic mass is 10.2. The van der Waals surface area contributed by atoms with Crippen LogP contribution in [0.25, 0.3) is 0 Å². The molecule has 0 atom stereocenters. The van der Waals surface area contributed by atoms with E-state index in [9.17, 15) is 18.0 Å². The molecule has 27 heavy (non-hydrogen) atoms. The number of sulfonamides is 1. The van der Waals surface area contributed by atoms with E-state index in [0.717, 1.165) is 4.31 Å². The number of hydrogen-bond acceptors (Lipinski definition) is 4. The molecular formula is C18H20ClN3O4S. The number of nitrogens with zero attached hydrogens (tertiary/aromatic N) is 2. The Morgan fingerprint density at radius 1 is 1.04 bits per heavy atom. The van der Waals surface area contributed by atoms with Crippen LogP contribution in [0.15, 0.2) is 53.4 Å². The summed E-state index contributed by atoms with van der Waals surface area (Å²) < 4.78 is 25.5. The van der Waals surface area contributed by atoms with Crippen LogP contribution in [0.1, 0.15) is 10.4 Å². The van der Waals surface area contributed by atoms with Gasteiger partial charge in [-0.3, -0.25) is 9.59 Å². The van der Waals surface area contributed by atoms with E-state index in [1.165, 1.54) is 50.3 Å². The van der Waals surface area contributed by atoms with Crippen molar-refractivity contribution >= 4 is 39.1 Å². The van der Waals surface area contributed by atoms with Crippen LogP contribution in [-0.4, -0.2) is 57.1 Å². The minimum atomic E-state index is -3.66. The zero-order valence-electron chi connectivity index (χ0n) is 15.1. The molecule has 7 nitrogen and oxygen atoms in total. The van der Waals surface area contributed by atoms with Gasteiger partial charge in [-0.1, -0.05) is 23.7 Å². The van der Waals surface area contributed by atoms with Crippen molar-refractivity contribution in [3.63, 3.8) is 0 Å². The Balaban J connectivity index is 2.10. The summed E-state index contributed by atoms with van der Waals surface area (Å²) in [6.07, 6.45) is 0. The molecule has 0 aromatic heterocycles. The van der Waals surface area contributed by atoms with E-state index < -0.39 is 21.8 Å². The van der Waals surface area contributed by atoms with Crippen molar-refractivity contribution in [3.05, 3.63) is 59.1 Å². The average Bonchev–Trinajstić information content (AvgIpc) is 2.60. The monoisotopic (exact) mass is 409 g/mol. The first kappa shape index (κ1) is 20.9. The molecule has 0 saturated carbocycles. The van der Waals surface area contributed by atoms with Crippen LogP contribution in [0.2, 0.25) is 5.02 Å². The first-order valence-corrected chi connectivity index (χ1v) is 9.76. The second kappa shape index (κ2) is 8.51. The summed E-state index contributed by atoms with van der Waals surface area (Å²) in [7, 11) is 0.635. The fraction of sp³-hybridized carbons (Fsp3) is 0.222. The second-order valence-electron chi connectivity index (χ2n) is 6.03. The third-order valence-electron chi connectivity index (χ3n) is 3.70. The van der Waals surface area contributed by atoms with Gasteiger partial charge < -0.3 is 10.2 Å². The molecule has 0 spiro atoms. The summed E-state index contributed by atoms with van der Waals surface area (Å²) in [5, 5.41) is 3.13. The Hall–Kier alpha value is -2.42. The maximum absolute atomic E-state index is 12.6. The summed E-state index contributed by atoms with van der Waals surface area (Å²) in [6.45, 7) is -0.198. The first-order valence-electron chi connectivity index (χ1n) is 7.95. The lowest BCUT2D eigenvalue weighted by Crippen LogP contribution is -2.35. The highest BCUT2D eigenvalue weighted by Gasteiger charge is 2.21. The second-order valence-corrected chi connectivity index (χ2v) is 8.62. The van der Waals surface area contributed by atoms with Crippen LogP contribution in [-0.2, 0) is 14.8 Å². The Morgan fingerprint density at radius 3 is 2.33 bits per heavy atom. The normalized spacial score (nSPS) is 11.3. The van der Waals surface area contributed by atoms with Gasteiger partial charge in [-0.05, 0) is 36.4 Å². The molecule has 0 unspecified atom stereocenters. The van der Waals surface area contributed by atoms with E-state index >= 15 is 0 Å². The Kier molecular flexibility index (Phi) is 6.59. The van der Waals surface area contributed by atoms with E-state index in [1.807, 2.05) is 0 Å². The van der Waals surface area contributed by atoms with Gasteiger partial charge in [-0.2, -0.15) is 0 Å². The highest BCUT2D eigenvalue weighted by Crippen LogP contribution is 2.17. The van der Waals surface area contributed by atoms with Crippen LogP contribution < -0.4 is 5.32 Å². The lowest BCUT2D eigenvalue weighted by Gasteiger charge is -2.18. The van der Waals surface area contributed by atoms with Gasteiger partial charge in [0.15, 0.2) is 0 Å². The number of carbonyl (C=O) groups excluding carboxylic acids is 2. The molecule has 0 radical (unpaired) electrons. The van der Waals surface area contributed by atoms with Crippen molar-refractivity contribution < 1.29 is 18.0 Å². The number of halogens is 1. The van der Waals surface area contributed by atoms with Crippen molar-refractivity contribution in [1.82, 2.24) is 9.21 Å². The number of nitrogens with one attached hydrogen (secondary N) is 1. The van der Waals surface area contributed by atoms with Gasteiger partial charge in [0.25, 0.3) is 5.91 Å². The molecule has 0 aliphatic carbocycles. The molecule has 0 aliphatic heterocycles. The zero-order chi connectivity index (χ0) is 20.2. The van der Waals surface area contributed by atoms with Gasteiger partial charge in [-0.25, -0.2) is 12.7 Å².